The summed E-state index contributed by atoms with van der Waals surface area (Å²) in [6, 6.07) is 9.97. The molecule has 19 heavy (non-hydrogen) atoms. The van der Waals surface area contributed by atoms with E-state index < -0.39 is 6.10 Å². The maximum Gasteiger partial charge on any atom is 0.124 e. The molecule has 0 amide bonds. The van der Waals surface area contributed by atoms with Crippen LogP contribution in [0.25, 0.3) is 0 Å². The van der Waals surface area contributed by atoms with E-state index in [1.807, 2.05) is 6.07 Å². The highest BCUT2D eigenvalue weighted by Gasteiger charge is 2.13. The topological polar surface area (TPSA) is 20.2 Å². The van der Waals surface area contributed by atoms with Gasteiger partial charge in [-0.05, 0) is 70.1 Å². The third kappa shape index (κ3) is 4.15. The molecule has 5 heteroatoms. The summed E-state index contributed by atoms with van der Waals surface area (Å²) in [5, 5.41) is 10.8. The lowest BCUT2D eigenvalue weighted by molar-refractivity contribution is 0.177. The van der Waals surface area contributed by atoms with Crippen molar-refractivity contribution < 1.29 is 9.50 Å². The molecule has 0 heterocycles. The Hall–Kier alpha value is -0.170. The minimum absolute atomic E-state index is 0.322. The fraction of sp³-hybridized carbons (Fsp3) is 0.143. The number of aliphatic hydroxyl groups excluding tert-OH is 1. The molecule has 0 radical (unpaired) electrons. The molecule has 0 saturated carbocycles. The molecule has 2 aromatic carbocycles. The summed E-state index contributed by atoms with van der Waals surface area (Å²) in [5.74, 6) is -0.322. The maximum absolute atomic E-state index is 13.3. The van der Waals surface area contributed by atoms with E-state index in [1.165, 1.54) is 12.1 Å². The van der Waals surface area contributed by atoms with Gasteiger partial charge < -0.3 is 5.11 Å². The van der Waals surface area contributed by atoms with Gasteiger partial charge in [0.1, 0.15) is 5.82 Å². The standard InChI is InChI=1S/C14H10BrClFIO/c15-9-3-8(4-11(17)6-9)5-14(19)12-7-10(16)1-2-13(12)18/h1-4,6-7,14,19H,5H2. The quantitative estimate of drug-likeness (QED) is 0.637. The maximum atomic E-state index is 13.3. The molecule has 1 unspecified atom stereocenters. The van der Waals surface area contributed by atoms with E-state index in [2.05, 4.69) is 38.5 Å². The summed E-state index contributed by atoms with van der Waals surface area (Å²) in [6.07, 6.45) is -0.369. The fourth-order valence-corrected chi connectivity index (χ4v) is 3.22. The molecule has 100 valence electrons. The lowest BCUT2D eigenvalue weighted by Crippen LogP contribution is -2.04. The highest BCUT2D eigenvalue weighted by molar-refractivity contribution is 14.1. The number of benzene rings is 2. The molecular weight excluding hydrogens is 445 g/mol. The van der Waals surface area contributed by atoms with Gasteiger partial charge in [-0.25, -0.2) is 4.39 Å². The van der Waals surface area contributed by atoms with Crippen molar-refractivity contribution >= 4 is 50.1 Å². The van der Waals surface area contributed by atoms with Crippen molar-refractivity contribution in [2.75, 3.05) is 0 Å². The van der Waals surface area contributed by atoms with Crippen LogP contribution in [0.15, 0.2) is 40.9 Å². The molecule has 0 saturated heterocycles. The average molecular weight is 455 g/mol. The molecule has 1 N–H and O–H groups in total. The molecule has 0 aromatic heterocycles. The van der Waals surface area contributed by atoms with Crippen LogP contribution in [-0.4, -0.2) is 5.11 Å². The molecule has 2 aromatic rings. The van der Waals surface area contributed by atoms with Gasteiger partial charge in [-0.15, -0.1) is 0 Å². The Morgan fingerprint density at radius 2 is 2.00 bits per heavy atom. The SMILES string of the molecule is OC(Cc1cc(F)cc(Br)c1)c1cc(Cl)ccc1I. The average Bonchev–Trinajstić information content (AvgIpc) is 2.30. The van der Waals surface area contributed by atoms with Crippen molar-refractivity contribution in [3.63, 3.8) is 0 Å². The van der Waals surface area contributed by atoms with E-state index in [9.17, 15) is 9.50 Å². The zero-order valence-electron chi connectivity index (χ0n) is 9.71. The second kappa shape index (κ2) is 6.52. The molecule has 1 nitrogen and oxygen atoms in total. The van der Waals surface area contributed by atoms with E-state index >= 15 is 0 Å². The van der Waals surface area contributed by atoms with Gasteiger partial charge >= 0.3 is 0 Å². The predicted molar refractivity (Wildman–Crippen MR) is 86.9 cm³/mol. The summed E-state index contributed by atoms with van der Waals surface area (Å²) in [6.45, 7) is 0. The summed E-state index contributed by atoms with van der Waals surface area (Å²) in [5.41, 5.74) is 1.49. The van der Waals surface area contributed by atoms with E-state index in [1.54, 1.807) is 18.2 Å². The van der Waals surface area contributed by atoms with E-state index in [4.69, 9.17) is 11.6 Å². The minimum Gasteiger partial charge on any atom is -0.388 e. The number of halogens is 4. The minimum atomic E-state index is -0.709. The first kappa shape index (κ1) is 15.2. The van der Waals surface area contributed by atoms with Crippen LogP contribution in [0.1, 0.15) is 17.2 Å². The largest absolute Gasteiger partial charge is 0.388 e. The Morgan fingerprint density at radius 1 is 1.26 bits per heavy atom. The summed E-state index contributed by atoms with van der Waals surface area (Å²) >= 11 is 11.3. The van der Waals surface area contributed by atoms with Crippen LogP contribution in [0.2, 0.25) is 5.02 Å². The van der Waals surface area contributed by atoms with Gasteiger partial charge in [0.25, 0.3) is 0 Å². The molecule has 0 fully saturated rings. The van der Waals surface area contributed by atoms with E-state index in [-0.39, 0.29) is 5.82 Å². The van der Waals surface area contributed by atoms with Crippen molar-refractivity contribution in [2.45, 2.75) is 12.5 Å². The van der Waals surface area contributed by atoms with Gasteiger partial charge in [0.05, 0.1) is 6.10 Å². The Balaban J connectivity index is 2.25. The zero-order chi connectivity index (χ0) is 14.0. The highest BCUT2D eigenvalue weighted by atomic mass is 127. The molecule has 0 aliphatic rings. The number of hydrogen-bond acceptors (Lipinski definition) is 1. The molecule has 0 spiro atoms. The summed E-state index contributed by atoms with van der Waals surface area (Å²) in [7, 11) is 0. The molecule has 2 rings (SSSR count). The number of rotatable bonds is 3. The van der Waals surface area contributed by atoms with E-state index in [0.717, 1.165) is 14.7 Å². The lowest BCUT2D eigenvalue weighted by Gasteiger charge is -2.14. The van der Waals surface area contributed by atoms with Gasteiger partial charge in [0, 0.05) is 19.5 Å². The second-order valence-electron chi connectivity index (χ2n) is 4.16. The fourth-order valence-electron chi connectivity index (χ4n) is 1.83. The van der Waals surface area contributed by atoms with Crippen LogP contribution < -0.4 is 0 Å². The third-order valence-electron chi connectivity index (χ3n) is 2.67. The van der Waals surface area contributed by atoms with Gasteiger partial charge in [-0.2, -0.15) is 0 Å². The first-order valence-corrected chi connectivity index (χ1v) is 7.78. The first-order chi connectivity index (χ1) is 8.95. The van der Waals surface area contributed by atoms with Gasteiger partial charge in [0.15, 0.2) is 0 Å². The molecule has 0 bridgehead atoms. The van der Waals surface area contributed by atoms with Crippen molar-refractivity contribution in [1.29, 1.82) is 0 Å². The number of aliphatic hydroxyl groups is 1. The van der Waals surface area contributed by atoms with Crippen molar-refractivity contribution in [3.8, 4) is 0 Å². The molecule has 0 aliphatic carbocycles. The Kier molecular flexibility index (Phi) is 5.22. The lowest BCUT2D eigenvalue weighted by atomic mass is 10.0. The monoisotopic (exact) mass is 454 g/mol. The predicted octanol–water partition coefficient (Wildman–Crippen LogP) is 5.12. The van der Waals surface area contributed by atoms with Crippen LogP contribution in [0, 0.1) is 9.39 Å². The van der Waals surface area contributed by atoms with Crippen LogP contribution in [0.3, 0.4) is 0 Å². The van der Waals surface area contributed by atoms with Crippen molar-refractivity contribution in [2.24, 2.45) is 0 Å². The first-order valence-electron chi connectivity index (χ1n) is 5.53. The molecular formula is C14H10BrClFIO. The third-order valence-corrected chi connectivity index (χ3v) is 4.34. The smallest absolute Gasteiger partial charge is 0.124 e. The Labute approximate surface area is 138 Å². The van der Waals surface area contributed by atoms with Crippen LogP contribution in [-0.2, 0) is 6.42 Å². The van der Waals surface area contributed by atoms with E-state index in [0.29, 0.717) is 15.9 Å². The van der Waals surface area contributed by atoms with Gasteiger partial charge in [-0.3, -0.25) is 0 Å². The second-order valence-corrected chi connectivity index (χ2v) is 6.68. The van der Waals surface area contributed by atoms with Gasteiger partial charge in [-0.1, -0.05) is 27.5 Å². The van der Waals surface area contributed by atoms with Crippen molar-refractivity contribution in [1.82, 2.24) is 0 Å². The van der Waals surface area contributed by atoms with Crippen LogP contribution in [0.5, 0.6) is 0 Å². The molecule has 1 atom stereocenters. The Bertz CT molecular complexity index is 586. The van der Waals surface area contributed by atoms with Crippen molar-refractivity contribution in [3.05, 3.63) is 66.4 Å². The summed E-state index contributed by atoms with van der Waals surface area (Å²) < 4.78 is 14.9. The van der Waals surface area contributed by atoms with Gasteiger partial charge in [0.2, 0.25) is 0 Å². The number of hydrogen-bond donors (Lipinski definition) is 1. The zero-order valence-corrected chi connectivity index (χ0v) is 14.2. The Morgan fingerprint density at radius 3 is 2.68 bits per heavy atom. The summed E-state index contributed by atoms with van der Waals surface area (Å²) in [4.78, 5) is 0. The highest BCUT2D eigenvalue weighted by Crippen LogP contribution is 2.27. The molecule has 0 aliphatic heterocycles. The normalized spacial score (nSPS) is 12.5. The van der Waals surface area contributed by atoms with Crippen LogP contribution >= 0.6 is 50.1 Å². The van der Waals surface area contributed by atoms with Crippen LogP contribution in [0.4, 0.5) is 4.39 Å².